The predicted molar refractivity (Wildman–Crippen MR) is 71.9 cm³/mol. The van der Waals surface area contributed by atoms with Crippen molar-refractivity contribution in [2.24, 2.45) is 0 Å². The van der Waals surface area contributed by atoms with Crippen molar-refractivity contribution in [1.29, 1.82) is 0 Å². The van der Waals surface area contributed by atoms with E-state index in [0.29, 0.717) is 11.1 Å². The highest BCUT2D eigenvalue weighted by Gasteiger charge is 2.25. The van der Waals surface area contributed by atoms with E-state index in [1.807, 2.05) is 6.07 Å². The Morgan fingerprint density at radius 1 is 1.33 bits per heavy atom. The molecule has 2 unspecified atom stereocenters. The highest BCUT2D eigenvalue weighted by atomic mass is 79.9. The molecule has 1 aromatic rings. The molecule has 1 fully saturated rings. The standard InChI is InChI=1S/C14H18BrFO2/c1-9-6-12(7-10(2)18-9)17-8-11-4-3-5-13(16)14(11)15/h3-5,9-10,12H,6-8H2,1-2H3. The van der Waals surface area contributed by atoms with E-state index in [2.05, 4.69) is 29.8 Å². The highest BCUT2D eigenvalue weighted by molar-refractivity contribution is 9.10. The Labute approximate surface area is 116 Å². The van der Waals surface area contributed by atoms with Crippen molar-refractivity contribution in [3.8, 4) is 0 Å². The quantitative estimate of drug-likeness (QED) is 0.837. The van der Waals surface area contributed by atoms with Crippen LogP contribution in [0.4, 0.5) is 4.39 Å². The first kappa shape index (κ1) is 14.0. The van der Waals surface area contributed by atoms with E-state index in [0.717, 1.165) is 18.4 Å². The Balaban J connectivity index is 1.93. The molecule has 1 saturated heterocycles. The number of ether oxygens (including phenoxy) is 2. The molecule has 0 spiro atoms. The van der Waals surface area contributed by atoms with Crippen molar-refractivity contribution in [1.82, 2.24) is 0 Å². The second kappa shape index (κ2) is 6.13. The van der Waals surface area contributed by atoms with Gasteiger partial charge in [-0.25, -0.2) is 4.39 Å². The van der Waals surface area contributed by atoms with Gasteiger partial charge in [-0.15, -0.1) is 0 Å². The highest BCUT2D eigenvalue weighted by Crippen LogP contribution is 2.25. The summed E-state index contributed by atoms with van der Waals surface area (Å²) in [6.07, 6.45) is 2.46. The van der Waals surface area contributed by atoms with Crippen molar-refractivity contribution in [3.63, 3.8) is 0 Å². The SMILES string of the molecule is CC1CC(OCc2cccc(F)c2Br)CC(C)O1. The molecular weight excluding hydrogens is 299 g/mol. The molecule has 100 valence electrons. The van der Waals surface area contributed by atoms with Crippen LogP contribution in [0.15, 0.2) is 22.7 Å². The summed E-state index contributed by atoms with van der Waals surface area (Å²) in [4.78, 5) is 0. The van der Waals surface area contributed by atoms with Gasteiger partial charge in [0.05, 0.1) is 29.4 Å². The summed E-state index contributed by atoms with van der Waals surface area (Å²) < 4.78 is 25.4. The van der Waals surface area contributed by atoms with E-state index < -0.39 is 0 Å². The van der Waals surface area contributed by atoms with E-state index in [1.54, 1.807) is 6.07 Å². The van der Waals surface area contributed by atoms with Crippen LogP contribution in [0.1, 0.15) is 32.3 Å². The van der Waals surface area contributed by atoms with Gasteiger partial charge in [-0.05, 0) is 54.2 Å². The minimum Gasteiger partial charge on any atom is -0.375 e. The largest absolute Gasteiger partial charge is 0.375 e. The second-order valence-corrected chi connectivity index (χ2v) is 5.67. The van der Waals surface area contributed by atoms with E-state index >= 15 is 0 Å². The molecular formula is C14H18BrFO2. The third kappa shape index (κ3) is 3.53. The molecule has 0 bridgehead atoms. The third-order valence-electron chi connectivity index (χ3n) is 3.16. The molecule has 2 atom stereocenters. The first-order valence-corrected chi connectivity index (χ1v) is 7.05. The van der Waals surface area contributed by atoms with Gasteiger partial charge in [0, 0.05) is 0 Å². The fourth-order valence-corrected chi connectivity index (χ4v) is 2.73. The Hall–Kier alpha value is -0.450. The lowest BCUT2D eigenvalue weighted by atomic mass is 10.0. The Kier molecular flexibility index (Phi) is 4.76. The van der Waals surface area contributed by atoms with Crippen molar-refractivity contribution < 1.29 is 13.9 Å². The van der Waals surface area contributed by atoms with Gasteiger partial charge in [-0.1, -0.05) is 12.1 Å². The third-order valence-corrected chi connectivity index (χ3v) is 4.05. The van der Waals surface area contributed by atoms with Crippen LogP contribution < -0.4 is 0 Å². The van der Waals surface area contributed by atoms with Gasteiger partial charge < -0.3 is 9.47 Å². The van der Waals surface area contributed by atoms with Gasteiger partial charge in [-0.2, -0.15) is 0 Å². The van der Waals surface area contributed by atoms with Gasteiger partial charge >= 0.3 is 0 Å². The Morgan fingerprint density at radius 2 is 2.00 bits per heavy atom. The van der Waals surface area contributed by atoms with Crippen molar-refractivity contribution in [3.05, 3.63) is 34.1 Å². The molecule has 1 aliphatic heterocycles. The van der Waals surface area contributed by atoms with Gasteiger partial charge in [0.25, 0.3) is 0 Å². The number of hydrogen-bond donors (Lipinski definition) is 0. The van der Waals surface area contributed by atoms with Crippen LogP contribution in [0.2, 0.25) is 0 Å². The van der Waals surface area contributed by atoms with E-state index in [4.69, 9.17) is 9.47 Å². The summed E-state index contributed by atoms with van der Waals surface area (Å²) in [5, 5.41) is 0. The van der Waals surface area contributed by atoms with E-state index in [9.17, 15) is 4.39 Å². The van der Waals surface area contributed by atoms with Crippen LogP contribution in [0.5, 0.6) is 0 Å². The molecule has 2 nitrogen and oxygen atoms in total. The summed E-state index contributed by atoms with van der Waals surface area (Å²) >= 11 is 3.25. The fourth-order valence-electron chi connectivity index (χ4n) is 2.35. The Morgan fingerprint density at radius 3 is 2.67 bits per heavy atom. The topological polar surface area (TPSA) is 18.5 Å². The lowest BCUT2D eigenvalue weighted by Gasteiger charge is -2.32. The molecule has 1 aliphatic rings. The van der Waals surface area contributed by atoms with Crippen molar-refractivity contribution >= 4 is 15.9 Å². The van der Waals surface area contributed by atoms with Crippen LogP contribution in [0.3, 0.4) is 0 Å². The van der Waals surface area contributed by atoms with Gasteiger partial charge in [-0.3, -0.25) is 0 Å². The number of hydrogen-bond acceptors (Lipinski definition) is 2. The number of benzene rings is 1. The van der Waals surface area contributed by atoms with Crippen molar-refractivity contribution in [2.45, 2.75) is 51.6 Å². The van der Waals surface area contributed by atoms with Crippen LogP contribution >= 0.6 is 15.9 Å². The lowest BCUT2D eigenvalue weighted by Crippen LogP contribution is -2.34. The second-order valence-electron chi connectivity index (χ2n) is 4.87. The summed E-state index contributed by atoms with van der Waals surface area (Å²) in [5.41, 5.74) is 0.849. The average molecular weight is 317 g/mol. The molecule has 0 amide bonds. The molecule has 2 rings (SSSR count). The zero-order chi connectivity index (χ0) is 13.1. The summed E-state index contributed by atoms with van der Waals surface area (Å²) in [5.74, 6) is -0.246. The van der Waals surface area contributed by atoms with Crippen LogP contribution in [-0.4, -0.2) is 18.3 Å². The minimum atomic E-state index is -0.246. The fraction of sp³-hybridized carbons (Fsp3) is 0.571. The number of rotatable bonds is 3. The van der Waals surface area contributed by atoms with Gasteiger partial charge in [0.15, 0.2) is 0 Å². The molecule has 4 heteroatoms. The summed E-state index contributed by atoms with van der Waals surface area (Å²) in [7, 11) is 0. The molecule has 1 heterocycles. The zero-order valence-electron chi connectivity index (χ0n) is 10.7. The van der Waals surface area contributed by atoms with Crippen LogP contribution in [0, 0.1) is 5.82 Å². The molecule has 18 heavy (non-hydrogen) atoms. The monoisotopic (exact) mass is 316 g/mol. The molecule has 0 N–H and O–H groups in total. The van der Waals surface area contributed by atoms with Gasteiger partial charge in [0.2, 0.25) is 0 Å². The molecule has 1 aromatic carbocycles. The zero-order valence-corrected chi connectivity index (χ0v) is 12.2. The minimum absolute atomic E-state index is 0.193. The normalized spacial score (nSPS) is 28.3. The summed E-state index contributed by atoms with van der Waals surface area (Å²) in [6, 6.07) is 5.01. The predicted octanol–water partition coefficient (Wildman–Crippen LogP) is 4.06. The molecule has 0 saturated carbocycles. The van der Waals surface area contributed by atoms with Crippen molar-refractivity contribution in [2.75, 3.05) is 0 Å². The maximum absolute atomic E-state index is 13.3. The van der Waals surface area contributed by atoms with E-state index in [-0.39, 0.29) is 24.1 Å². The molecule has 0 radical (unpaired) electrons. The van der Waals surface area contributed by atoms with Crippen LogP contribution in [0.25, 0.3) is 0 Å². The Bertz CT molecular complexity index is 401. The molecule has 0 aliphatic carbocycles. The first-order valence-electron chi connectivity index (χ1n) is 6.26. The first-order chi connectivity index (χ1) is 8.56. The summed E-state index contributed by atoms with van der Waals surface area (Å²) in [6.45, 7) is 4.55. The number of halogens is 2. The lowest BCUT2D eigenvalue weighted by molar-refractivity contribution is -0.106. The van der Waals surface area contributed by atoms with Crippen LogP contribution in [-0.2, 0) is 16.1 Å². The smallest absolute Gasteiger partial charge is 0.137 e. The maximum Gasteiger partial charge on any atom is 0.137 e. The molecule has 0 aromatic heterocycles. The van der Waals surface area contributed by atoms with Gasteiger partial charge in [0.1, 0.15) is 5.82 Å². The van der Waals surface area contributed by atoms with E-state index in [1.165, 1.54) is 6.07 Å². The average Bonchev–Trinajstić information content (AvgIpc) is 2.30. The maximum atomic E-state index is 13.3.